The molecule has 0 fully saturated rings. The molecule has 2 heterocycles. The van der Waals surface area contributed by atoms with Crippen LogP contribution in [0.25, 0.3) is 11.3 Å². The maximum Gasteiger partial charge on any atom is 0.265 e. The Bertz CT molecular complexity index is 1070. The predicted octanol–water partition coefficient (Wildman–Crippen LogP) is 5.88. The summed E-state index contributed by atoms with van der Waals surface area (Å²) in [6.45, 7) is 0. The zero-order chi connectivity index (χ0) is 19.3. The van der Waals surface area contributed by atoms with Gasteiger partial charge in [0.25, 0.3) is 5.91 Å². The van der Waals surface area contributed by atoms with Crippen molar-refractivity contribution >= 4 is 45.1 Å². The molecule has 4 aromatic rings. The number of amides is 1. The van der Waals surface area contributed by atoms with Gasteiger partial charge in [-0.2, -0.15) is 0 Å². The van der Waals surface area contributed by atoms with Crippen LogP contribution < -0.4 is 15.4 Å². The van der Waals surface area contributed by atoms with Gasteiger partial charge in [0.2, 0.25) is 0 Å². The van der Waals surface area contributed by atoms with Gasteiger partial charge in [-0.05, 0) is 35.7 Å². The highest BCUT2D eigenvalue weighted by atomic mass is 32.1. The number of nitrogens with zero attached hydrogens (tertiary/aromatic N) is 1. The summed E-state index contributed by atoms with van der Waals surface area (Å²) in [5.74, 6) is 0.671. The fraction of sp³-hybridized carbons (Fsp3) is 0.0476. The second kappa shape index (κ2) is 8.24. The van der Waals surface area contributed by atoms with Gasteiger partial charge in [-0.1, -0.05) is 30.3 Å². The lowest BCUT2D eigenvalue weighted by Crippen LogP contribution is -2.09. The number of methoxy groups -OCH3 is 1. The largest absolute Gasteiger partial charge is 0.495 e. The van der Waals surface area contributed by atoms with Crippen molar-refractivity contribution in [3.8, 4) is 17.0 Å². The molecule has 0 atom stereocenters. The first kappa shape index (κ1) is 18.2. The van der Waals surface area contributed by atoms with Crippen LogP contribution in [0.5, 0.6) is 5.75 Å². The number of rotatable bonds is 6. The van der Waals surface area contributed by atoms with Crippen LogP contribution in [0.1, 0.15) is 9.67 Å². The minimum atomic E-state index is -0.0975. The van der Waals surface area contributed by atoms with Crippen LogP contribution >= 0.6 is 22.7 Å². The molecule has 2 aromatic heterocycles. The van der Waals surface area contributed by atoms with E-state index in [1.54, 1.807) is 13.2 Å². The predicted molar refractivity (Wildman–Crippen MR) is 116 cm³/mol. The number of hydrogen-bond donors (Lipinski definition) is 2. The number of para-hydroxylation sites is 2. The summed E-state index contributed by atoms with van der Waals surface area (Å²) in [5, 5.41) is 10.9. The number of anilines is 3. The summed E-state index contributed by atoms with van der Waals surface area (Å²) >= 11 is 2.95. The third-order valence-corrected chi connectivity index (χ3v) is 5.66. The maximum atomic E-state index is 12.1. The van der Waals surface area contributed by atoms with E-state index >= 15 is 0 Å². The van der Waals surface area contributed by atoms with Crippen LogP contribution in [-0.4, -0.2) is 18.0 Å². The van der Waals surface area contributed by atoms with E-state index in [4.69, 9.17) is 4.74 Å². The number of carbonyl (C=O) groups excluding carboxylic acids is 1. The molecule has 28 heavy (non-hydrogen) atoms. The number of thiazole rings is 1. The average Bonchev–Trinajstić information content (AvgIpc) is 3.41. The lowest BCUT2D eigenvalue weighted by molar-refractivity contribution is 0.103. The Morgan fingerprint density at radius 1 is 1.00 bits per heavy atom. The molecule has 0 radical (unpaired) electrons. The van der Waals surface area contributed by atoms with Crippen molar-refractivity contribution in [2.24, 2.45) is 0 Å². The van der Waals surface area contributed by atoms with Gasteiger partial charge < -0.3 is 15.4 Å². The summed E-state index contributed by atoms with van der Waals surface area (Å²) in [6, 6.07) is 19.1. The first-order chi connectivity index (χ1) is 13.7. The summed E-state index contributed by atoms with van der Waals surface area (Å²) < 4.78 is 5.36. The van der Waals surface area contributed by atoms with Gasteiger partial charge in [0, 0.05) is 16.6 Å². The third kappa shape index (κ3) is 4.05. The van der Waals surface area contributed by atoms with Crippen molar-refractivity contribution in [1.29, 1.82) is 0 Å². The number of carbonyl (C=O) groups is 1. The van der Waals surface area contributed by atoms with Crippen LogP contribution in [-0.2, 0) is 0 Å². The Labute approximate surface area is 170 Å². The summed E-state index contributed by atoms with van der Waals surface area (Å²) in [6.07, 6.45) is 0. The van der Waals surface area contributed by atoms with Gasteiger partial charge in [0.05, 0.1) is 23.4 Å². The standard InChI is InChI=1S/C21H17N3O2S2/c1-26-18-6-3-2-5-16(18)23-21-24-17(13-28-21)14-8-10-15(11-9-14)22-20(25)19-7-4-12-27-19/h2-13H,1H3,(H,22,25)(H,23,24). The Morgan fingerprint density at radius 2 is 1.82 bits per heavy atom. The molecule has 0 aliphatic carbocycles. The minimum Gasteiger partial charge on any atom is -0.495 e. The molecule has 5 nitrogen and oxygen atoms in total. The molecule has 140 valence electrons. The van der Waals surface area contributed by atoms with Crippen molar-refractivity contribution in [3.05, 3.63) is 76.3 Å². The van der Waals surface area contributed by atoms with Crippen molar-refractivity contribution in [3.63, 3.8) is 0 Å². The van der Waals surface area contributed by atoms with Crippen LogP contribution in [0.3, 0.4) is 0 Å². The SMILES string of the molecule is COc1ccccc1Nc1nc(-c2ccc(NC(=O)c3cccs3)cc2)cs1. The molecule has 4 rings (SSSR count). The van der Waals surface area contributed by atoms with E-state index in [1.807, 2.05) is 65.4 Å². The van der Waals surface area contributed by atoms with E-state index in [0.717, 1.165) is 33.5 Å². The van der Waals surface area contributed by atoms with Gasteiger partial charge in [-0.3, -0.25) is 4.79 Å². The van der Waals surface area contributed by atoms with Crippen molar-refractivity contribution in [2.45, 2.75) is 0 Å². The highest BCUT2D eigenvalue weighted by Crippen LogP contribution is 2.31. The van der Waals surface area contributed by atoms with E-state index in [0.29, 0.717) is 4.88 Å². The molecule has 7 heteroatoms. The van der Waals surface area contributed by atoms with Gasteiger partial charge in [-0.15, -0.1) is 22.7 Å². The normalized spacial score (nSPS) is 10.5. The van der Waals surface area contributed by atoms with E-state index in [2.05, 4.69) is 15.6 Å². The van der Waals surface area contributed by atoms with Crippen LogP contribution in [0, 0.1) is 0 Å². The zero-order valence-corrected chi connectivity index (χ0v) is 16.6. The molecule has 2 aromatic carbocycles. The zero-order valence-electron chi connectivity index (χ0n) is 15.0. The van der Waals surface area contributed by atoms with Crippen LogP contribution in [0.2, 0.25) is 0 Å². The van der Waals surface area contributed by atoms with Crippen molar-refractivity contribution < 1.29 is 9.53 Å². The average molecular weight is 408 g/mol. The van der Waals surface area contributed by atoms with Crippen LogP contribution in [0.15, 0.2) is 71.4 Å². The monoisotopic (exact) mass is 407 g/mol. The Balaban J connectivity index is 1.46. The number of ether oxygens (including phenoxy) is 1. The Hall–Kier alpha value is -3.16. The van der Waals surface area contributed by atoms with E-state index in [9.17, 15) is 4.79 Å². The third-order valence-electron chi connectivity index (χ3n) is 4.04. The molecule has 1 amide bonds. The quantitative estimate of drug-likeness (QED) is 0.419. The lowest BCUT2D eigenvalue weighted by Gasteiger charge is -2.08. The number of nitrogens with one attached hydrogen (secondary N) is 2. The molecule has 0 spiro atoms. The van der Waals surface area contributed by atoms with E-state index in [-0.39, 0.29) is 5.91 Å². The summed E-state index contributed by atoms with van der Waals surface area (Å²) in [4.78, 5) is 17.5. The van der Waals surface area contributed by atoms with Crippen molar-refractivity contribution in [2.75, 3.05) is 17.7 Å². The van der Waals surface area contributed by atoms with Gasteiger partial charge in [0.1, 0.15) is 5.75 Å². The highest BCUT2D eigenvalue weighted by molar-refractivity contribution is 7.14. The molecule has 0 aliphatic heterocycles. The summed E-state index contributed by atoms with van der Waals surface area (Å²) in [7, 11) is 1.65. The van der Waals surface area contributed by atoms with Gasteiger partial charge in [0.15, 0.2) is 5.13 Å². The van der Waals surface area contributed by atoms with Crippen molar-refractivity contribution in [1.82, 2.24) is 4.98 Å². The minimum absolute atomic E-state index is 0.0975. The Morgan fingerprint density at radius 3 is 2.57 bits per heavy atom. The molecule has 0 bridgehead atoms. The second-order valence-corrected chi connectivity index (χ2v) is 7.68. The first-order valence-electron chi connectivity index (χ1n) is 8.54. The molecule has 0 unspecified atom stereocenters. The first-order valence-corrected chi connectivity index (χ1v) is 10.3. The molecule has 0 aliphatic rings. The fourth-order valence-corrected chi connectivity index (χ4v) is 4.00. The lowest BCUT2D eigenvalue weighted by atomic mass is 10.1. The smallest absolute Gasteiger partial charge is 0.265 e. The number of thiophene rings is 1. The fourth-order valence-electron chi connectivity index (χ4n) is 2.65. The summed E-state index contributed by atoms with van der Waals surface area (Å²) in [5.41, 5.74) is 3.49. The number of hydrogen-bond acceptors (Lipinski definition) is 6. The molecule has 0 saturated heterocycles. The molecular weight excluding hydrogens is 390 g/mol. The number of benzene rings is 2. The van der Waals surface area contributed by atoms with Gasteiger partial charge >= 0.3 is 0 Å². The van der Waals surface area contributed by atoms with E-state index in [1.165, 1.54) is 22.7 Å². The van der Waals surface area contributed by atoms with Crippen LogP contribution in [0.4, 0.5) is 16.5 Å². The topological polar surface area (TPSA) is 63.2 Å². The molecule has 2 N–H and O–H groups in total. The maximum absolute atomic E-state index is 12.1. The number of aromatic nitrogens is 1. The molecule has 0 saturated carbocycles. The van der Waals surface area contributed by atoms with Gasteiger partial charge in [-0.25, -0.2) is 4.98 Å². The van der Waals surface area contributed by atoms with E-state index < -0.39 is 0 Å². The Kier molecular flexibility index (Phi) is 5.36. The second-order valence-electron chi connectivity index (χ2n) is 5.87. The highest BCUT2D eigenvalue weighted by Gasteiger charge is 2.09. The molecular formula is C21H17N3O2S2.